The molecular weight excluding hydrogens is 342 g/mol. The van der Waals surface area contributed by atoms with Gasteiger partial charge in [-0.25, -0.2) is 9.67 Å². The van der Waals surface area contributed by atoms with Gasteiger partial charge in [0, 0.05) is 39.6 Å². The highest BCUT2D eigenvalue weighted by Gasteiger charge is 2.13. The largest absolute Gasteiger partial charge is 0.354 e. The summed E-state index contributed by atoms with van der Waals surface area (Å²) >= 11 is 7.89. The topological polar surface area (TPSA) is 37.2 Å². The van der Waals surface area contributed by atoms with Crippen LogP contribution < -0.4 is 4.90 Å². The minimum Gasteiger partial charge on any atom is -0.354 e. The van der Waals surface area contributed by atoms with Crippen molar-refractivity contribution in [2.24, 2.45) is 0 Å². The van der Waals surface area contributed by atoms with Gasteiger partial charge >= 0.3 is 0 Å². The maximum Gasteiger partial charge on any atom is 0.186 e. The van der Waals surface area contributed by atoms with Crippen LogP contribution in [0.2, 0.25) is 5.15 Å². The molecule has 1 aromatic carbocycles. The van der Waals surface area contributed by atoms with Crippen LogP contribution in [-0.4, -0.2) is 40.8 Å². The zero-order chi connectivity index (χ0) is 17.1. The average Bonchev–Trinajstić information content (AvgIpc) is 3.19. The van der Waals surface area contributed by atoms with Crippen LogP contribution in [0, 0.1) is 0 Å². The predicted octanol–water partition coefficient (Wildman–Crippen LogP) is 3.68. The lowest BCUT2D eigenvalue weighted by atomic mass is 10.2. The van der Waals surface area contributed by atoms with Gasteiger partial charge < -0.3 is 4.90 Å². The zero-order valence-electron chi connectivity index (χ0n) is 14.0. The summed E-state index contributed by atoms with van der Waals surface area (Å²) in [5.41, 5.74) is 2.31. The van der Waals surface area contributed by atoms with Crippen LogP contribution in [0.15, 0.2) is 42.7 Å². The lowest BCUT2D eigenvalue weighted by molar-refractivity contribution is 0.322. The minimum atomic E-state index is 0.601. The molecule has 0 atom stereocenters. The molecule has 0 saturated carbocycles. The van der Waals surface area contributed by atoms with Crippen LogP contribution in [0.1, 0.15) is 10.4 Å². The number of hydrogen-bond donors (Lipinski definition) is 0. The van der Waals surface area contributed by atoms with E-state index >= 15 is 0 Å². The Hall–Kier alpha value is -1.89. The molecule has 0 aliphatic heterocycles. The van der Waals surface area contributed by atoms with Gasteiger partial charge in [0.05, 0.1) is 10.6 Å². The SMILES string of the molecule is CN(Cc1ccc(-n2cccn2)cc1)Cc1sc(N(C)C)nc1Cl. The van der Waals surface area contributed by atoms with Crippen molar-refractivity contribution in [1.29, 1.82) is 0 Å². The fourth-order valence-electron chi connectivity index (χ4n) is 2.40. The highest BCUT2D eigenvalue weighted by atomic mass is 35.5. The Bertz CT molecular complexity index is 780. The Morgan fingerprint density at radius 1 is 1.12 bits per heavy atom. The van der Waals surface area contributed by atoms with E-state index in [-0.39, 0.29) is 0 Å². The van der Waals surface area contributed by atoms with Crippen molar-refractivity contribution in [3.63, 3.8) is 0 Å². The number of nitrogens with zero attached hydrogens (tertiary/aromatic N) is 5. The second-order valence-corrected chi connectivity index (χ2v) is 7.31. The van der Waals surface area contributed by atoms with E-state index in [9.17, 15) is 0 Å². The molecular formula is C17H20ClN5S. The third-order valence-corrected chi connectivity index (χ3v) is 5.22. The van der Waals surface area contributed by atoms with Crippen LogP contribution in [-0.2, 0) is 13.1 Å². The first-order valence-corrected chi connectivity index (χ1v) is 8.82. The molecule has 3 rings (SSSR count). The lowest BCUT2D eigenvalue weighted by Gasteiger charge is -2.16. The van der Waals surface area contributed by atoms with Gasteiger partial charge in [-0.3, -0.25) is 4.90 Å². The molecule has 0 fully saturated rings. The van der Waals surface area contributed by atoms with E-state index in [1.54, 1.807) is 17.5 Å². The maximum absolute atomic E-state index is 6.25. The molecule has 0 radical (unpaired) electrons. The van der Waals surface area contributed by atoms with Gasteiger partial charge in [0.15, 0.2) is 5.13 Å². The summed E-state index contributed by atoms with van der Waals surface area (Å²) in [6.45, 7) is 1.64. The first-order chi connectivity index (χ1) is 11.5. The van der Waals surface area contributed by atoms with Crippen molar-refractivity contribution in [3.05, 3.63) is 58.3 Å². The molecule has 0 aliphatic rings. The van der Waals surface area contributed by atoms with E-state index in [2.05, 4.69) is 46.3 Å². The summed E-state index contributed by atoms with van der Waals surface area (Å²) in [5.74, 6) is 0. The van der Waals surface area contributed by atoms with Crippen molar-refractivity contribution < 1.29 is 0 Å². The van der Waals surface area contributed by atoms with E-state index < -0.39 is 0 Å². The molecule has 0 spiro atoms. The summed E-state index contributed by atoms with van der Waals surface area (Å²) in [7, 11) is 6.04. The smallest absolute Gasteiger partial charge is 0.186 e. The normalized spacial score (nSPS) is 11.2. The fourth-order valence-corrected chi connectivity index (χ4v) is 3.66. The second kappa shape index (κ2) is 7.34. The van der Waals surface area contributed by atoms with E-state index in [1.165, 1.54) is 5.56 Å². The molecule has 0 amide bonds. The van der Waals surface area contributed by atoms with E-state index in [1.807, 2.05) is 35.9 Å². The number of halogens is 1. The number of hydrogen-bond acceptors (Lipinski definition) is 5. The average molecular weight is 362 g/mol. The molecule has 7 heteroatoms. The number of benzene rings is 1. The Kier molecular flexibility index (Phi) is 5.18. The maximum atomic E-state index is 6.25. The van der Waals surface area contributed by atoms with Crippen LogP contribution in [0.5, 0.6) is 0 Å². The highest BCUT2D eigenvalue weighted by Crippen LogP contribution is 2.29. The fraction of sp³-hybridized carbons (Fsp3) is 0.294. The van der Waals surface area contributed by atoms with Gasteiger partial charge in [0.25, 0.3) is 0 Å². The highest BCUT2D eigenvalue weighted by molar-refractivity contribution is 7.16. The molecule has 2 heterocycles. The molecule has 0 bridgehead atoms. The molecule has 0 aliphatic carbocycles. The standard InChI is InChI=1S/C17H20ClN5S/c1-21(2)17-20-16(18)15(24-17)12-22(3)11-13-5-7-14(8-6-13)23-10-4-9-19-23/h4-10H,11-12H2,1-3H3. The molecule has 0 unspecified atom stereocenters. The van der Waals surface area contributed by atoms with Crippen molar-refractivity contribution >= 4 is 28.1 Å². The lowest BCUT2D eigenvalue weighted by Crippen LogP contribution is -2.16. The zero-order valence-corrected chi connectivity index (χ0v) is 15.6. The number of rotatable bonds is 6. The number of aromatic nitrogens is 3. The van der Waals surface area contributed by atoms with Crippen LogP contribution in [0.3, 0.4) is 0 Å². The molecule has 0 saturated heterocycles. The Morgan fingerprint density at radius 3 is 2.46 bits per heavy atom. The Labute approximate surface area is 151 Å². The molecule has 5 nitrogen and oxygen atoms in total. The summed E-state index contributed by atoms with van der Waals surface area (Å²) < 4.78 is 1.85. The molecule has 3 aromatic rings. The van der Waals surface area contributed by atoms with Gasteiger partial charge in [-0.05, 0) is 30.8 Å². The molecule has 0 N–H and O–H groups in total. The Morgan fingerprint density at radius 2 is 1.88 bits per heavy atom. The van der Waals surface area contributed by atoms with Gasteiger partial charge in [0.1, 0.15) is 5.15 Å². The van der Waals surface area contributed by atoms with Crippen molar-refractivity contribution in [2.45, 2.75) is 13.1 Å². The third kappa shape index (κ3) is 3.95. The van der Waals surface area contributed by atoms with Crippen molar-refractivity contribution in [3.8, 4) is 5.69 Å². The van der Waals surface area contributed by atoms with Crippen LogP contribution in [0.25, 0.3) is 5.69 Å². The first-order valence-electron chi connectivity index (χ1n) is 7.63. The van der Waals surface area contributed by atoms with E-state index in [0.717, 1.165) is 28.8 Å². The first kappa shape index (κ1) is 17.0. The van der Waals surface area contributed by atoms with Gasteiger partial charge in [0.2, 0.25) is 0 Å². The summed E-state index contributed by atoms with van der Waals surface area (Å²) in [6, 6.07) is 10.3. The minimum absolute atomic E-state index is 0.601. The third-order valence-electron chi connectivity index (χ3n) is 3.59. The van der Waals surface area contributed by atoms with Crippen molar-refractivity contribution in [2.75, 3.05) is 26.0 Å². The summed E-state index contributed by atoms with van der Waals surface area (Å²) in [4.78, 5) is 9.70. The molecule has 24 heavy (non-hydrogen) atoms. The van der Waals surface area contributed by atoms with E-state index in [0.29, 0.717) is 5.15 Å². The number of anilines is 1. The predicted molar refractivity (Wildman–Crippen MR) is 100 cm³/mol. The Balaban J connectivity index is 1.63. The van der Waals surface area contributed by atoms with Gasteiger partial charge in [-0.2, -0.15) is 5.10 Å². The summed E-state index contributed by atoms with van der Waals surface area (Å²) in [5, 5.41) is 5.78. The van der Waals surface area contributed by atoms with Gasteiger partial charge in [-0.15, -0.1) is 0 Å². The monoisotopic (exact) mass is 361 g/mol. The van der Waals surface area contributed by atoms with Crippen LogP contribution in [0.4, 0.5) is 5.13 Å². The van der Waals surface area contributed by atoms with E-state index in [4.69, 9.17) is 11.6 Å². The quantitative estimate of drug-likeness (QED) is 0.671. The second-order valence-electron chi connectivity index (χ2n) is 5.89. The number of thiazole rings is 1. The van der Waals surface area contributed by atoms with Crippen LogP contribution >= 0.6 is 22.9 Å². The summed E-state index contributed by atoms with van der Waals surface area (Å²) in [6.07, 6.45) is 3.72. The molecule has 2 aromatic heterocycles. The molecule has 126 valence electrons. The van der Waals surface area contributed by atoms with Crippen molar-refractivity contribution in [1.82, 2.24) is 19.7 Å². The van der Waals surface area contributed by atoms with Gasteiger partial charge in [-0.1, -0.05) is 35.1 Å².